The van der Waals surface area contributed by atoms with Gasteiger partial charge in [-0.05, 0) is 25.1 Å². The molecule has 1 saturated heterocycles. The van der Waals surface area contributed by atoms with Gasteiger partial charge in [0.1, 0.15) is 5.75 Å². The van der Waals surface area contributed by atoms with E-state index in [1.165, 1.54) is 6.07 Å². The molecule has 0 spiro atoms. The van der Waals surface area contributed by atoms with E-state index in [4.69, 9.17) is 0 Å². The van der Waals surface area contributed by atoms with E-state index in [1.54, 1.807) is 6.07 Å². The van der Waals surface area contributed by atoms with Crippen molar-refractivity contribution < 1.29 is 13.9 Å². The highest BCUT2D eigenvalue weighted by molar-refractivity contribution is 5.59. The lowest BCUT2D eigenvalue weighted by Crippen LogP contribution is -2.27. The monoisotopic (exact) mass is 256 g/mol. The number of benzene rings is 1. The molecule has 1 aliphatic heterocycles. The summed E-state index contributed by atoms with van der Waals surface area (Å²) in [5.74, 6) is -2.99. The molecule has 1 heterocycles. The minimum atomic E-state index is -2.92. The Labute approximate surface area is 105 Å². The first-order valence-electron chi connectivity index (χ1n) is 6.15. The molecule has 0 saturated carbocycles. The Bertz CT molecular complexity index is 410. The molecule has 0 aliphatic carbocycles. The molecule has 0 bridgehead atoms. The highest BCUT2D eigenvalue weighted by atomic mass is 19.3. The Morgan fingerprint density at radius 2 is 2.06 bits per heavy atom. The SMILES string of the molecule is CC(F)(F)c1ccc(N2CCCNCC2)c(O)c1. The highest BCUT2D eigenvalue weighted by Crippen LogP contribution is 2.34. The van der Waals surface area contributed by atoms with E-state index in [0.717, 1.165) is 45.6 Å². The maximum absolute atomic E-state index is 13.1. The summed E-state index contributed by atoms with van der Waals surface area (Å²) in [5.41, 5.74) is 0.475. The van der Waals surface area contributed by atoms with Gasteiger partial charge in [-0.25, -0.2) is 8.78 Å². The first kappa shape index (κ1) is 13.1. The number of phenols is 1. The number of alkyl halides is 2. The number of nitrogens with zero attached hydrogens (tertiary/aromatic N) is 1. The second kappa shape index (κ2) is 5.10. The van der Waals surface area contributed by atoms with Crippen LogP contribution < -0.4 is 10.2 Å². The van der Waals surface area contributed by atoms with Gasteiger partial charge in [0, 0.05) is 32.1 Å². The Morgan fingerprint density at radius 1 is 1.28 bits per heavy atom. The summed E-state index contributed by atoms with van der Waals surface area (Å²) in [4.78, 5) is 2.02. The van der Waals surface area contributed by atoms with Crippen LogP contribution in [0.4, 0.5) is 14.5 Å². The minimum Gasteiger partial charge on any atom is -0.506 e. The zero-order valence-corrected chi connectivity index (χ0v) is 10.4. The van der Waals surface area contributed by atoms with Crippen LogP contribution >= 0.6 is 0 Å². The number of hydrogen-bond donors (Lipinski definition) is 2. The third-order valence-corrected chi connectivity index (χ3v) is 3.16. The standard InChI is InChI=1S/C13H18F2N2O/c1-13(14,15)10-3-4-11(12(18)9-10)17-7-2-5-16-6-8-17/h3-4,9,16,18H,2,5-8H2,1H3. The average molecular weight is 256 g/mol. The third-order valence-electron chi connectivity index (χ3n) is 3.16. The fraction of sp³-hybridized carbons (Fsp3) is 0.538. The van der Waals surface area contributed by atoms with Crippen LogP contribution in [0.25, 0.3) is 0 Å². The van der Waals surface area contributed by atoms with E-state index in [9.17, 15) is 13.9 Å². The molecule has 18 heavy (non-hydrogen) atoms. The van der Waals surface area contributed by atoms with Crippen molar-refractivity contribution in [3.05, 3.63) is 23.8 Å². The fourth-order valence-electron chi connectivity index (χ4n) is 2.15. The Hall–Kier alpha value is -1.36. The van der Waals surface area contributed by atoms with Crippen LogP contribution in [0.15, 0.2) is 18.2 Å². The fourth-order valence-corrected chi connectivity index (χ4v) is 2.15. The molecule has 0 amide bonds. The summed E-state index contributed by atoms with van der Waals surface area (Å²) in [6.45, 7) is 4.21. The van der Waals surface area contributed by atoms with Crippen LogP contribution in [0.1, 0.15) is 18.9 Å². The van der Waals surface area contributed by atoms with Crippen LogP contribution in [-0.2, 0) is 5.92 Å². The van der Waals surface area contributed by atoms with Crippen LogP contribution in [0.3, 0.4) is 0 Å². The molecule has 2 N–H and O–H groups in total. The van der Waals surface area contributed by atoms with Crippen molar-refractivity contribution in [3.8, 4) is 5.75 Å². The van der Waals surface area contributed by atoms with Gasteiger partial charge in [0.05, 0.1) is 5.69 Å². The quantitative estimate of drug-likeness (QED) is 0.852. The molecule has 0 radical (unpaired) electrons. The lowest BCUT2D eigenvalue weighted by molar-refractivity contribution is 0.0173. The summed E-state index contributed by atoms with van der Waals surface area (Å²) in [7, 11) is 0. The van der Waals surface area contributed by atoms with Gasteiger partial charge >= 0.3 is 0 Å². The molecule has 0 aromatic heterocycles. The Balaban J connectivity index is 2.23. The lowest BCUT2D eigenvalue weighted by atomic mass is 10.1. The smallest absolute Gasteiger partial charge is 0.270 e. The van der Waals surface area contributed by atoms with E-state index in [2.05, 4.69) is 5.32 Å². The van der Waals surface area contributed by atoms with Gasteiger partial charge in [0.2, 0.25) is 0 Å². The molecule has 5 heteroatoms. The predicted octanol–water partition coefficient (Wildman–Crippen LogP) is 2.30. The first-order chi connectivity index (χ1) is 8.48. The Morgan fingerprint density at radius 3 is 2.72 bits per heavy atom. The van der Waals surface area contributed by atoms with Gasteiger partial charge in [0.15, 0.2) is 0 Å². The van der Waals surface area contributed by atoms with Crippen LogP contribution in [0.5, 0.6) is 5.75 Å². The second-order valence-electron chi connectivity index (χ2n) is 4.68. The molecule has 100 valence electrons. The molecule has 1 aliphatic rings. The van der Waals surface area contributed by atoms with Crippen LogP contribution in [0, 0.1) is 0 Å². The molecular formula is C13H18F2N2O. The number of phenolic OH excluding ortho intramolecular Hbond substituents is 1. The van der Waals surface area contributed by atoms with E-state index < -0.39 is 5.92 Å². The third kappa shape index (κ3) is 2.90. The van der Waals surface area contributed by atoms with Crippen molar-refractivity contribution in [1.82, 2.24) is 5.32 Å². The number of halogens is 2. The molecule has 3 nitrogen and oxygen atoms in total. The summed E-state index contributed by atoms with van der Waals surface area (Å²) >= 11 is 0. The predicted molar refractivity (Wildman–Crippen MR) is 67.4 cm³/mol. The van der Waals surface area contributed by atoms with Gasteiger partial charge in [0.25, 0.3) is 5.92 Å². The summed E-state index contributed by atoms with van der Waals surface area (Å²) in [6.07, 6.45) is 0.977. The zero-order chi connectivity index (χ0) is 13.2. The summed E-state index contributed by atoms with van der Waals surface area (Å²) < 4.78 is 26.3. The molecular weight excluding hydrogens is 238 g/mol. The van der Waals surface area contributed by atoms with E-state index in [0.29, 0.717) is 5.69 Å². The van der Waals surface area contributed by atoms with E-state index >= 15 is 0 Å². The Kier molecular flexibility index (Phi) is 3.71. The molecule has 0 unspecified atom stereocenters. The van der Waals surface area contributed by atoms with Crippen molar-refractivity contribution in [1.29, 1.82) is 0 Å². The molecule has 1 aromatic rings. The van der Waals surface area contributed by atoms with Crippen LogP contribution in [-0.4, -0.2) is 31.3 Å². The first-order valence-corrected chi connectivity index (χ1v) is 6.15. The maximum Gasteiger partial charge on any atom is 0.270 e. The van der Waals surface area contributed by atoms with Crippen LogP contribution in [0.2, 0.25) is 0 Å². The maximum atomic E-state index is 13.1. The molecule has 0 atom stereocenters. The largest absolute Gasteiger partial charge is 0.506 e. The van der Waals surface area contributed by atoms with E-state index in [-0.39, 0.29) is 11.3 Å². The highest BCUT2D eigenvalue weighted by Gasteiger charge is 2.25. The molecule has 1 aromatic carbocycles. The number of anilines is 1. The van der Waals surface area contributed by atoms with Crippen molar-refractivity contribution in [3.63, 3.8) is 0 Å². The van der Waals surface area contributed by atoms with Gasteiger partial charge in [-0.1, -0.05) is 6.07 Å². The van der Waals surface area contributed by atoms with Crippen molar-refractivity contribution in [2.45, 2.75) is 19.3 Å². The molecule has 1 fully saturated rings. The average Bonchev–Trinajstić information content (AvgIpc) is 2.56. The number of nitrogens with one attached hydrogen (secondary N) is 1. The number of hydrogen-bond acceptors (Lipinski definition) is 3. The summed E-state index contributed by atoms with van der Waals surface area (Å²) in [5, 5.41) is 13.2. The number of rotatable bonds is 2. The number of aromatic hydroxyl groups is 1. The van der Waals surface area contributed by atoms with Gasteiger partial charge in [-0.3, -0.25) is 0 Å². The minimum absolute atomic E-state index is 0.0732. The van der Waals surface area contributed by atoms with Crippen molar-refractivity contribution in [2.24, 2.45) is 0 Å². The van der Waals surface area contributed by atoms with Gasteiger partial charge in [-0.15, -0.1) is 0 Å². The molecule has 2 rings (SSSR count). The normalized spacial score (nSPS) is 17.6. The van der Waals surface area contributed by atoms with E-state index in [1.807, 2.05) is 4.90 Å². The van der Waals surface area contributed by atoms with Crippen molar-refractivity contribution >= 4 is 5.69 Å². The zero-order valence-electron chi connectivity index (χ0n) is 10.4. The van der Waals surface area contributed by atoms with Gasteiger partial charge < -0.3 is 15.3 Å². The second-order valence-corrected chi connectivity index (χ2v) is 4.68. The van der Waals surface area contributed by atoms with Gasteiger partial charge in [-0.2, -0.15) is 0 Å². The van der Waals surface area contributed by atoms with Crippen molar-refractivity contribution in [2.75, 3.05) is 31.1 Å². The summed E-state index contributed by atoms with van der Waals surface area (Å²) in [6, 6.07) is 4.12. The lowest BCUT2D eigenvalue weighted by Gasteiger charge is -2.24. The topological polar surface area (TPSA) is 35.5 Å².